The highest BCUT2D eigenvalue weighted by molar-refractivity contribution is 5.38. The van der Waals surface area contributed by atoms with E-state index in [1.54, 1.807) is 6.92 Å². The lowest BCUT2D eigenvalue weighted by Crippen LogP contribution is -2.42. The van der Waals surface area contributed by atoms with Crippen LogP contribution in [0.4, 0.5) is 8.78 Å². The molecule has 1 unspecified atom stereocenters. The van der Waals surface area contributed by atoms with Crippen LogP contribution >= 0.6 is 0 Å². The smallest absolute Gasteiger partial charge is 0.151 e. The number of hydrogen-bond acceptors (Lipinski definition) is 3. The van der Waals surface area contributed by atoms with E-state index in [1.165, 1.54) is 16.8 Å². The number of nitrogens with zero attached hydrogens (tertiary/aromatic N) is 2. The van der Waals surface area contributed by atoms with E-state index in [9.17, 15) is 13.9 Å². The van der Waals surface area contributed by atoms with Crippen molar-refractivity contribution in [1.82, 2.24) is 15.1 Å². The van der Waals surface area contributed by atoms with Crippen molar-refractivity contribution in [2.75, 3.05) is 6.54 Å². The first-order chi connectivity index (χ1) is 11.1. The Kier molecular flexibility index (Phi) is 5.40. The first-order valence-electron chi connectivity index (χ1n) is 8.07. The van der Waals surface area contributed by atoms with E-state index in [4.69, 9.17) is 0 Å². The average Bonchev–Trinajstić information content (AvgIpc) is 2.75. The largest absolute Gasteiger partial charge is 0.389 e. The maximum Gasteiger partial charge on any atom is 0.151 e. The van der Waals surface area contributed by atoms with E-state index in [-0.39, 0.29) is 11.6 Å². The number of benzene rings is 1. The fraction of sp³-hybridized carbons (Fsp3) is 0.500. The monoisotopic (exact) mass is 337 g/mol. The second-order valence-electron chi connectivity index (χ2n) is 6.77. The van der Waals surface area contributed by atoms with Crippen molar-refractivity contribution in [3.05, 3.63) is 46.8 Å². The highest BCUT2D eigenvalue weighted by Gasteiger charge is 2.24. The molecule has 0 bridgehead atoms. The number of nitrogens with one attached hydrogen (secondary N) is 1. The van der Waals surface area contributed by atoms with Gasteiger partial charge in [-0.3, -0.25) is 0 Å². The van der Waals surface area contributed by atoms with Crippen molar-refractivity contribution in [3.63, 3.8) is 0 Å². The standard InChI is InChI=1S/C18H25F2N3O/c1-11(2)18(5,24)10-21-9-15-12(3)22-23(13(15)4)17-7-6-14(19)8-16(17)20/h6-8,11,21,24H,9-10H2,1-5H3. The van der Waals surface area contributed by atoms with Crippen LogP contribution in [0.1, 0.15) is 37.7 Å². The van der Waals surface area contributed by atoms with Gasteiger partial charge in [0, 0.05) is 30.4 Å². The Labute approximate surface area is 141 Å². The van der Waals surface area contributed by atoms with Gasteiger partial charge < -0.3 is 10.4 Å². The van der Waals surface area contributed by atoms with E-state index in [0.717, 1.165) is 23.0 Å². The number of rotatable bonds is 6. The third-order valence-electron chi connectivity index (χ3n) is 4.61. The second-order valence-corrected chi connectivity index (χ2v) is 6.77. The normalized spacial score (nSPS) is 14.2. The number of aliphatic hydroxyl groups is 1. The molecule has 1 atom stereocenters. The molecule has 1 aromatic carbocycles. The molecule has 2 rings (SSSR count). The first-order valence-corrected chi connectivity index (χ1v) is 8.07. The molecule has 0 aliphatic rings. The van der Waals surface area contributed by atoms with Gasteiger partial charge in [0.2, 0.25) is 0 Å². The molecular weight excluding hydrogens is 312 g/mol. The van der Waals surface area contributed by atoms with E-state index in [1.807, 2.05) is 27.7 Å². The van der Waals surface area contributed by atoms with Crippen molar-refractivity contribution in [3.8, 4) is 5.69 Å². The summed E-state index contributed by atoms with van der Waals surface area (Å²) in [7, 11) is 0. The van der Waals surface area contributed by atoms with Gasteiger partial charge in [-0.25, -0.2) is 13.5 Å². The fourth-order valence-corrected chi connectivity index (χ4v) is 2.46. The summed E-state index contributed by atoms with van der Waals surface area (Å²) in [5, 5.41) is 17.9. The SMILES string of the molecule is Cc1nn(-c2ccc(F)cc2F)c(C)c1CNCC(C)(O)C(C)C. The van der Waals surface area contributed by atoms with Crippen LogP contribution in [0.3, 0.4) is 0 Å². The molecule has 1 heterocycles. The van der Waals surface area contributed by atoms with Gasteiger partial charge in [-0.2, -0.15) is 5.10 Å². The van der Waals surface area contributed by atoms with E-state index >= 15 is 0 Å². The number of hydrogen-bond donors (Lipinski definition) is 2. The van der Waals surface area contributed by atoms with Crippen LogP contribution in [0.2, 0.25) is 0 Å². The predicted octanol–water partition coefficient (Wildman–Crippen LogP) is 3.26. The van der Waals surface area contributed by atoms with Gasteiger partial charge in [-0.15, -0.1) is 0 Å². The second kappa shape index (κ2) is 6.99. The van der Waals surface area contributed by atoms with Crippen LogP contribution in [0, 0.1) is 31.4 Å². The number of aromatic nitrogens is 2. The predicted molar refractivity (Wildman–Crippen MR) is 90.1 cm³/mol. The lowest BCUT2D eigenvalue weighted by atomic mass is 9.92. The minimum absolute atomic E-state index is 0.128. The van der Waals surface area contributed by atoms with Crippen LogP contribution in [0.15, 0.2) is 18.2 Å². The van der Waals surface area contributed by atoms with Crippen molar-refractivity contribution in [1.29, 1.82) is 0 Å². The molecule has 2 N–H and O–H groups in total. The van der Waals surface area contributed by atoms with E-state index < -0.39 is 17.2 Å². The zero-order valence-electron chi connectivity index (χ0n) is 14.8. The lowest BCUT2D eigenvalue weighted by molar-refractivity contribution is 0.0139. The van der Waals surface area contributed by atoms with Crippen LogP contribution in [0.5, 0.6) is 0 Å². The minimum atomic E-state index is -0.805. The van der Waals surface area contributed by atoms with Crippen molar-refractivity contribution < 1.29 is 13.9 Å². The summed E-state index contributed by atoms with van der Waals surface area (Å²) in [5.41, 5.74) is 1.92. The van der Waals surface area contributed by atoms with E-state index in [2.05, 4.69) is 10.4 Å². The van der Waals surface area contributed by atoms with Gasteiger partial charge in [0.25, 0.3) is 0 Å². The molecular formula is C18H25F2N3O. The molecule has 0 saturated carbocycles. The van der Waals surface area contributed by atoms with Crippen LogP contribution in [-0.2, 0) is 6.54 Å². The molecule has 2 aromatic rings. The van der Waals surface area contributed by atoms with Crippen LogP contribution < -0.4 is 5.32 Å². The summed E-state index contributed by atoms with van der Waals surface area (Å²) in [6, 6.07) is 3.45. The summed E-state index contributed by atoms with van der Waals surface area (Å²) in [6.07, 6.45) is 0. The number of halogens is 2. The minimum Gasteiger partial charge on any atom is -0.389 e. The Morgan fingerprint density at radius 2 is 1.96 bits per heavy atom. The maximum absolute atomic E-state index is 14.0. The summed E-state index contributed by atoms with van der Waals surface area (Å²) in [4.78, 5) is 0. The van der Waals surface area contributed by atoms with Gasteiger partial charge in [0.1, 0.15) is 11.5 Å². The lowest BCUT2D eigenvalue weighted by Gasteiger charge is -2.28. The molecule has 1 aromatic heterocycles. The summed E-state index contributed by atoms with van der Waals surface area (Å²) < 4.78 is 28.6. The van der Waals surface area contributed by atoms with Gasteiger partial charge in [0.05, 0.1) is 11.3 Å². The first kappa shape index (κ1) is 18.5. The Hall–Kier alpha value is -1.79. The van der Waals surface area contributed by atoms with E-state index in [0.29, 0.717) is 13.1 Å². The number of aryl methyl sites for hydroxylation is 1. The molecule has 0 aliphatic heterocycles. The molecule has 6 heteroatoms. The zero-order valence-corrected chi connectivity index (χ0v) is 14.8. The van der Waals surface area contributed by atoms with Crippen LogP contribution in [0.25, 0.3) is 5.69 Å². The highest BCUT2D eigenvalue weighted by atomic mass is 19.1. The Morgan fingerprint density at radius 3 is 2.54 bits per heavy atom. The average molecular weight is 337 g/mol. The summed E-state index contributed by atoms with van der Waals surface area (Å²) in [5.74, 6) is -1.14. The van der Waals surface area contributed by atoms with Crippen molar-refractivity contribution >= 4 is 0 Å². The fourth-order valence-electron chi connectivity index (χ4n) is 2.46. The third kappa shape index (κ3) is 3.82. The Balaban J connectivity index is 2.20. The molecule has 0 amide bonds. The molecule has 0 aliphatic carbocycles. The summed E-state index contributed by atoms with van der Waals surface area (Å²) >= 11 is 0. The van der Waals surface area contributed by atoms with Gasteiger partial charge in [-0.1, -0.05) is 13.8 Å². The quantitative estimate of drug-likeness (QED) is 0.851. The molecule has 132 valence electrons. The van der Waals surface area contributed by atoms with Crippen LogP contribution in [-0.4, -0.2) is 27.0 Å². The Bertz CT molecular complexity index is 723. The molecule has 0 saturated heterocycles. The molecule has 24 heavy (non-hydrogen) atoms. The summed E-state index contributed by atoms with van der Waals surface area (Å²) in [6.45, 7) is 10.4. The zero-order chi connectivity index (χ0) is 18.1. The molecule has 0 fully saturated rings. The third-order valence-corrected chi connectivity index (χ3v) is 4.61. The van der Waals surface area contributed by atoms with Gasteiger partial charge >= 0.3 is 0 Å². The van der Waals surface area contributed by atoms with Gasteiger partial charge in [-0.05, 0) is 38.8 Å². The van der Waals surface area contributed by atoms with Crippen molar-refractivity contribution in [2.45, 2.75) is 46.8 Å². The highest BCUT2D eigenvalue weighted by Crippen LogP contribution is 2.21. The molecule has 0 spiro atoms. The van der Waals surface area contributed by atoms with Crippen molar-refractivity contribution in [2.24, 2.45) is 5.92 Å². The Morgan fingerprint density at radius 1 is 1.29 bits per heavy atom. The van der Waals surface area contributed by atoms with Gasteiger partial charge in [0.15, 0.2) is 5.82 Å². The molecule has 0 radical (unpaired) electrons. The maximum atomic E-state index is 14.0. The topological polar surface area (TPSA) is 50.1 Å². The molecule has 4 nitrogen and oxygen atoms in total.